The Hall–Kier alpha value is -0.870. The number of aromatic amines is 1. The second-order valence-electron chi connectivity index (χ2n) is 2.79. The van der Waals surface area contributed by atoms with Crippen LogP contribution in [0.2, 0.25) is 0 Å². The third-order valence-electron chi connectivity index (χ3n) is 1.91. The Morgan fingerprint density at radius 2 is 2.21 bits per heavy atom. The Labute approximate surface area is 92.2 Å². The predicted molar refractivity (Wildman–Crippen MR) is 56.1 cm³/mol. The highest BCUT2D eigenvalue weighted by atomic mass is 79.9. The van der Waals surface area contributed by atoms with Crippen LogP contribution in [-0.4, -0.2) is 10.2 Å². The van der Waals surface area contributed by atoms with Crippen molar-refractivity contribution >= 4 is 43.7 Å². The molecule has 2 nitrogen and oxygen atoms in total. The number of fused-ring (bicyclic) bond motifs is 1. The summed E-state index contributed by atoms with van der Waals surface area (Å²) in [5, 5.41) is 0.0370. The van der Waals surface area contributed by atoms with E-state index in [2.05, 4.69) is 20.9 Å². The number of carbonyl (C=O) groups excluding carboxylic acids is 1. The van der Waals surface area contributed by atoms with Crippen LogP contribution < -0.4 is 0 Å². The van der Waals surface area contributed by atoms with Gasteiger partial charge in [0.05, 0.1) is 11.1 Å². The smallest absolute Gasteiger partial charge is 0.254 e. The summed E-state index contributed by atoms with van der Waals surface area (Å²) in [5.74, 6) is -0.375. The monoisotopic (exact) mass is 275 g/mol. The fourth-order valence-electron chi connectivity index (χ4n) is 1.34. The molecule has 0 amide bonds. The molecule has 0 fully saturated rings. The first-order chi connectivity index (χ1) is 6.59. The average Bonchev–Trinajstić information content (AvgIpc) is 2.47. The number of halogens is 3. The van der Waals surface area contributed by atoms with E-state index in [4.69, 9.17) is 11.6 Å². The van der Waals surface area contributed by atoms with Gasteiger partial charge in [-0.15, -0.1) is 0 Å². The van der Waals surface area contributed by atoms with Crippen molar-refractivity contribution in [3.8, 4) is 0 Å². The first-order valence-electron chi connectivity index (χ1n) is 3.75. The van der Waals surface area contributed by atoms with E-state index in [-0.39, 0.29) is 5.82 Å². The highest BCUT2D eigenvalue weighted by molar-refractivity contribution is 9.10. The number of aromatic nitrogens is 1. The fourth-order valence-corrected chi connectivity index (χ4v) is 2.13. The second kappa shape index (κ2) is 3.37. The van der Waals surface area contributed by atoms with E-state index in [9.17, 15) is 9.18 Å². The van der Waals surface area contributed by atoms with E-state index in [0.29, 0.717) is 20.9 Å². The quantitative estimate of drug-likeness (QED) is 0.795. The molecule has 72 valence electrons. The van der Waals surface area contributed by atoms with Crippen LogP contribution in [-0.2, 0) is 0 Å². The summed E-state index contributed by atoms with van der Waals surface area (Å²) in [4.78, 5) is 13.8. The molecule has 1 aromatic carbocycles. The minimum absolute atomic E-state index is 0.341. The maximum absolute atomic E-state index is 12.9. The highest BCUT2D eigenvalue weighted by Gasteiger charge is 2.13. The summed E-state index contributed by atoms with van der Waals surface area (Å²) in [5.41, 5.74) is 0.884. The third kappa shape index (κ3) is 1.44. The van der Waals surface area contributed by atoms with Gasteiger partial charge in [-0.3, -0.25) is 4.79 Å². The summed E-state index contributed by atoms with van der Waals surface area (Å²) in [6.07, 6.45) is 1.46. The molecular weight excluding hydrogens is 272 g/mol. The molecule has 1 heterocycles. The molecule has 0 bridgehead atoms. The molecule has 1 N–H and O–H groups in total. The SMILES string of the molecule is O=C(Cl)c1c[nH]c2cc(F)cc(Br)c12. The van der Waals surface area contributed by atoms with Gasteiger partial charge in [0, 0.05) is 16.1 Å². The molecule has 0 saturated carbocycles. The normalized spacial score (nSPS) is 10.8. The van der Waals surface area contributed by atoms with Gasteiger partial charge < -0.3 is 4.98 Å². The number of carbonyl (C=O) groups is 1. The number of hydrogen-bond acceptors (Lipinski definition) is 1. The fraction of sp³-hybridized carbons (Fsp3) is 0. The minimum Gasteiger partial charge on any atom is -0.360 e. The van der Waals surface area contributed by atoms with Gasteiger partial charge >= 0.3 is 0 Å². The zero-order valence-electron chi connectivity index (χ0n) is 6.77. The van der Waals surface area contributed by atoms with Crippen molar-refractivity contribution in [2.24, 2.45) is 0 Å². The molecule has 1 aromatic heterocycles. The molecule has 2 aromatic rings. The lowest BCUT2D eigenvalue weighted by Crippen LogP contribution is -1.86. The molecule has 5 heteroatoms. The van der Waals surface area contributed by atoms with Gasteiger partial charge in [0.25, 0.3) is 5.24 Å². The zero-order chi connectivity index (χ0) is 10.3. The van der Waals surface area contributed by atoms with Crippen molar-refractivity contribution in [1.29, 1.82) is 0 Å². The average molecular weight is 276 g/mol. The van der Waals surface area contributed by atoms with Crippen LogP contribution in [0.1, 0.15) is 10.4 Å². The predicted octanol–water partition coefficient (Wildman–Crippen LogP) is 3.45. The highest BCUT2D eigenvalue weighted by Crippen LogP contribution is 2.29. The Kier molecular flexibility index (Phi) is 2.33. The number of H-pyrrole nitrogens is 1. The molecule has 0 aliphatic rings. The Morgan fingerprint density at radius 1 is 1.50 bits per heavy atom. The molecular formula is C9H4BrClFNO. The second-order valence-corrected chi connectivity index (χ2v) is 3.98. The van der Waals surface area contributed by atoms with E-state index in [0.717, 1.165) is 0 Å². The van der Waals surface area contributed by atoms with Crippen molar-refractivity contribution in [3.63, 3.8) is 0 Å². The molecule has 0 atom stereocenters. The first kappa shape index (κ1) is 9.68. The summed E-state index contributed by atoms with van der Waals surface area (Å²) in [6, 6.07) is 2.60. The molecule has 0 unspecified atom stereocenters. The summed E-state index contributed by atoms with van der Waals surface area (Å²) in [6.45, 7) is 0. The van der Waals surface area contributed by atoms with Crippen molar-refractivity contribution in [2.45, 2.75) is 0 Å². The molecule has 0 aliphatic carbocycles. The minimum atomic E-state index is -0.566. The van der Waals surface area contributed by atoms with Gasteiger partial charge in [0.1, 0.15) is 5.82 Å². The Balaban J connectivity index is 2.85. The lowest BCUT2D eigenvalue weighted by Gasteiger charge is -1.96. The van der Waals surface area contributed by atoms with Crippen LogP contribution in [0.25, 0.3) is 10.9 Å². The Bertz CT molecular complexity index is 523. The summed E-state index contributed by atoms with van der Waals surface area (Å²) in [7, 11) is 0. The van der Waals surface area contributed by atoms with Gasteiger partial charge in [-0.25, -0.2) is 4.39 Å². The Morgan fingerprint density at radius 3 is 2.86 bits per heavy atom. The maximum Gasteiger partial charge on any atom is 0.254 e. The van der Waals surface area contributed by atoms with E-state index < -0.39 is 5.24 Å². The third-order valence-corrected chi connectivity index (χ3v) is 2.74. The standard InChI is InChI=1S/C9H4BrClFNO/c10-6-1-4(12)2-7-8(6)5(3-13-7)9(11)14/h1-3,13H. The van der Waals surface area contributed by atoms with Gasteiger partial charge in [0.2, 0.25) is 0 Å². The topological polar surface area (TPSA) is 32.9 Å². The van der Waals surface area contributed by atoms with E-state index in [1.54, 1.807) is 0 Å². The van der Waals surface area contributed by atoms with E-state index >= 15 is 0 Å². The summed E-state index contributed by atoms with van der Waals surface area (Å²) < 4.78 is 13.5. The maximum atomic E-state index is 12.9. The van der Waals surface area contributed by atoms with Crippen LogP contribution in [0.5, 0.6) is 0 Å². The molecule has 0 radical (unpaired) electrons. The molecule has 0 aliphatic heterocycles. The van der Waals surface area contributed by atoms with Crippen LogP contribution in [0.3, 0.4) is 0 Å². The van der Waals surface area contributed by atoms with Crippen molar-refractivity contribution < 1.29 is 9.18 Å². The van der Waals surface area contributed by atoms with Gasteiger partial charge in [0.15, 0.2) is 0 Å². The van der Waals surface area contributed by atoms with Crippen LogP contribution in [0.4, 0.5) is 4.39 Å². The number of benzene rings is 1. The van der Waals surface area contributed by atoms with Gasteiger partial charge in [-0.1, -0.05) is 0 Å². The number of nitrogens with one attached hydrogen (secondary N) is 1. The van der Waals surface area contributed by atoms with Crippen molar-refractivity contribution in [1.82, 2.24) is 4.98 Å². The van der Waals surface area contributed by atoms with E-state index in [1.165, 1.54) is 18.3 Å². The van der Waals surface area contributed by atoms with Crippen LogP contribution in [0.15, 0.2) is 22.8 Å². The lowest BCUT2D eigenvalue weighted by atomic mass is 10.2. The van der Waals surface area contributed by atoms with Crippen LogP contribution in [0, 0.1) is 5.82 Å². The molecule has 2 rings (SSSR count). The van der Waals surface area contributed by atoms with Gasteiger partial charge in [-0.2, -0.15) is 0 Å². The van der Waals surface area contributed by atoms with Crippen LogP contribution >= 0.6 is 27.5 Å². The number of hydrogen-bond donors (Lipinski definition) is 1. The van der Waals surface area contributed by atoms with Crippen molar-refractivity contribution in [2.75, 3.05) is 0 Å². The van der Waals surface area contributed by atoms with Crippen molar-refractivity contribution in [3.05, 3.63) is 34.2 Å². The zero-order valence-corrected chi connectivity index (χ0v) is 9.12. The lowest BCUT2D eigenvalue weighted by molar-refractivity contribution is 0.108. The number of rotatable bonds is 1. The first-order valence-corrected chi connectivity index (χ1v) is 4.92. The molecule has 0 spiro atoms. The molecule has 0 saturated heterocycles. The van der Waals surface area contributed by atoms with Gasteiger partial charge in [-0.05, 0) is 39.7 Å². The largest absolute Gasteiger partial charge is 0.360 e. The van der Waals surface area contributed by atoms with E-state index in [1.807, 2.05) is 0 Å². The summed E-state index contributed by atoms with van der Waals surface area (Å²) >= 11 is 8.54. The molecule has 14 heavy (non-hydrogen) atoms.